The molecule has 0 aromatic heterocycles. The number of nitro groups is 1. The number of carbonyl (C=O) groups is 1. The zero-order valence-corrected chi connectivity index (χ0v) is 13.9. The largest absolute Gasteiger partial charge is 0.429 e. The minimum atomic E-state index is -4.02. The number of nitro benzene ring substituents is 1. The molecule has 2 heterocycles. The average Bonchev–Trinajstić information content (AvgIpc) is 3.24. The molecule has 0 aliphatic carbocycles. The van der Waals surface area contributed by atoms with E-state index in [9.17, 15) is 23.3 Å². The van der Waals surface area contributed by atoms with Crippen molar-refractivity contribution in [3.05, 3.63) is 46.2 Å². The van der Waals surface area contributed by atoms with E-state index in [1.54, 1.807) is 6.08 Å². The highest BCUT2D eigenvalue weighted by molar-refractivity contribution is 7.89. The Bertz CT molecular complexity index is 845. The average molecular weight is 352 g/mol. The minimum absolute atomic E-state index is 0.0500. The van der Waals surface area contributed by atoms with Crippen molar-refractivity contribution in [1.29, 1.82) is 0 Å². The Balaban J connectivity index is 1.86. The molecule has 24 heavy (non-hydrogen) atoms. The van der Waals surface area contributed by atoms with Crippen LogP contribution in [0.15, 0.2) is 41.0 Å². The van der Waals surface area contributed by atoms with Gasteiger partial charge in [0.05, 0.1) is 16.9 Å². The molecule has 3 atom stereocenters. The van der Waals surface area contributed by atoms with Crippen LogP contribution in [0.2, 0.25) is 0 Å². The first-order valence-corrected chi connectivity index (χ1v) is 8.86. The zero-order chi connectivity index (χ0) is 17.6. The summed E-state index contributed by atoms with van der Waals surface area (Å²) < 4.78 is 31.5. The number of hydrogen-bond donors (Lipinski definition) is 0. The van der Waals surface area contributed by atoms with Crippen molar-refractivity contribution in [3.8, 4) is 0 Å². The number of nitrogens with zero attached hydrogens (tertiary/aromatic N) is 2. The number of para-hydroxylation sites is 1. The smallest absolute Gasteiger partial charge is 0.318 e. The SMILES string of the molecule is CC(C)[C@H]1C=C(C2C[N@]2S(=O)(=O)c2ccccc2[N+](=O)[O-])OC1=O. The van der Waals surface area contributed by atoms with Crippen LogP contribution < -0.4 is 0 Å². The number of benzene rings is 1. The first-order valence-electron chi connectivity index (χ1n) is 7.42. The highest BCUT2D eigenvalue weighted by Gasteiger charge is 2.52. The van der Waals surface area contributed by atoms with E-state index in [2.05, 4.69) is 0 Å². The van der Waals surface area contributed by atoms with Gasteiger partial charge in [-0.1, -0.05) is 26.0 Å². The summed E-state index contributed by atoms with van der Waals surface area (Å²) in [7, 11) is -4.02. The number of cyclic esters (lactones) is 1. The molecule has 8 nitrogen and oxygen atoms in total. The number of ether oxygens (including phenoxy) is 1. The fourth-order valence-electron chi connectivity index (χ4n) is 2.68. The molecule has 3 rings (SSSR count). The maximum Gasteiger partial charge on any atom is 0.318 e. The molecule has 1 saturated heterocycles. The van der Waals surface area contributed by atoms with Gasteiger partial charge >= 0.3 is 5.97 Å². The first-order chi connectivity index (χ1) is 11.2. The third kappa shape index (κ3) is 2.69. The molecule has 0 saturated carbocycles. The first kappa shape index (κ1) is 16.6. The Kier molecular flexibility index (Phi) is 3.92. The van der Waals surface area contributed by atoms with E-state index < -0.39 is 38.6 Å². The normalized spacial score (nSPS) is 26.2. The van der Waals surface area contributed by atoms with Crippen molar-refractivity contribution in [2.24, 2.45) is 11.8 Å². The predicted octanol–water partition coefficient (Wildman–Crippen LogP) is 1.68. The Hall–Kier alpha value is -2.26. The van der Waals surface area contributed by atoms with Gasteiger partial charge in [0, 0.05) is 12.6 Å². The topological polar surface area (TPSA) is 107 Å². The van der Waals surface area contributed by atoms with Crippen LogP contribution in [-0.2, 0) is 19.6 Å². The van der Waals surface area contributed by atoms with E-state index in [0.29, 0.717) is 5.76 Å². The quantitative estimate of drug-likeness (QED) is 0.345. The lowest BCUT2D eigenvalue weighted by molar-refractivity contribution is -0.387. The maximum atomic E-state index is 12.6. The van der Waals surface area contributed by atoms with Crippen LogP contribution >= 0.6 is 0 Å². The molecule has 0 N–H and O–H groups in total. The molecular formula is C15H16N2O6S. The highest BCUT2D eigenvalue weighted by atomic mass is 32.2. The summed E-state index contributed by atoms with van der Waals surface area (Å²) in [4.78, 5) is 21.8. The summed E-state index contributed by atoms with van der Waals surface area (Å²) in [6, 6.07) is 4.61. The Morgan fingerprint density at radius 1 is 1.33 bits per heavy atom. The van der Waals surface area contributed by atoms with Crippen molar-refractivity contribution >= 4 is 21.7 Å². The lowest BCUT2D eigenvalue weighted by Crippen LogP contribution is -2.17. The van der Waals surface area contributed by atoms with Gasteiger partial charge in [-0.3, -0.25) is 14.9 Å². The molecule has 0 radical (unpaired) electrons. The van der Waals surface area contributed by atoms with Crippen LogP contribution in [0.1, 0.15) is 13.8 Å². The molecule has 2 aliphatic heterocycles. The summed E-state index contributed by atoms with van der Waals surface area (Å²) in [5.41, 5.74) is -0.472. The second-order valence-corrected chi connectivity index (χ2v) is 7.93. The number of carbonyl (C=O) groups excluding carboxylic acids is 1. The Morgan fingerprint density at radius 3 is 2.58 bits per heavy atom. The van der Waals surface area contributed by atoms with Gasteiger partial charge in [-0.05, 0) is 18.1 Å². The van der Waals surface area contributed by atoms with Gasteiger partial charge in [-0.2, -0.15) is 4.31 Å². The van der Waals surface area contributed by atoms with Gasteiger partial charge in [-0.15, -0.1) is 0 Å². The summed E-state index contributed by atoms with van der Waals surface area (Å²) in [5.74, 6) is -0.430. The van der Waals surface area contributed by atoms with Crippen molar-refractivity contribution < 1.29 is 22.9 Å². The number of rotatable bonds is 5. The van der Waals surface area contributed by atoms with Crippen molar-refractivity contribution in [2.45, 2.75) is 24.8 Å². The molecular weight excluding hydrogens is 336 g/mol. The lowest BCUT2D eigenvalue weighted by atomic mass is 9.97. The Morgan fingerprint density at radius 2 is 2.00 bits per heavy atom. The van der Waals surface area contributed by atoms with Gasteiger partial charge in [0.25, 0.3) is 15.7 Å². The van der Waals surface area contributed by atoms with Crippen molar-refractivity contribution in [2.75, 3.05) is 6.54 Å². The number of sulfonamides is 1. The molecule has 1 fully saturated rings. The zero-order valence-electron chi connectivity index (χ0n) is 13.1. The standard InChI is InChI=1S/C15H16N2O6S/c1-9(2)10-7-13(23-15(10)18)12-8-16(12)24(21,22)14-6-4-3-5-11(14)17(19)20/h3-7,9-10,12H,8H2,1-2H3/t10-,12?,16+/m1/s1. The van der Waals surface area contributed by atoms with E-state index in [1.807, 2.05) is 13.8 Å². The van der Waals surface area contributed by atoms with E-state index >= 15 is 0 Å². The number of hydrogen-bond acceptors (Lipinski definition) is 6. The van der Waals surface area contributed by atoms with Crippen LogP contribution in [0.3, 0.4) is 0 Å². The molecule has 0 bridgehead atoms. The second-order valence-electron chi connectivity index (χ2n) is 6.08. The summed E-state index contributed by atoms with van der Waals surface area (Å²) in [6.45, 7) is 3.89. The number of esters is 1. The third-order valence-corrected chi connectivity index (χ3v) is 6.02. The molecule has 128 valence electrons. The fraction of sp³-hybridized carbons (Fsp3) is 0.400. The van der Waals surface area contributed by atoms with Crippen LogP contribution in [0.5, 0.6) is 0 Å². The monoisotopic (exact) mass is 352 g/mol. The van der Waals surface area contributed by atoms with Crippen LogP contribution in [-0.4, -0.2) is 36.2 Å². The lowest BCUT2D eigenvalue weighted by Gasteiger charge is -2.07. The maximum absolute atomic E-state index is 12.6. The van der Waals surface area contributed by atoms with E-state index in [0.717, 1.165) is 10.4 Å². The summed E-state index contributed by atoms with van der Waals surface area (Å²) in [6.07, 6.45) is 1.65. The van der Waals surface area contributed by atoms with Crippen LogP contribution in [0, 0.1) is 22.0 Å². The Labute approximate surface area is 138 Å². The van der Waals surface area contributed by atoms with E-state index in [1.165, 1.54) is 18.2 Å². The fourth-order valence-corrected chi connectivity index (χ4v) is 4.37. The van der Waals surface area contributed by atoms with Crippen LogP contribution in [0.4, 0.5) is 5.69 Å². The van der Waals surface area contributed by atoms with Gasteiger partial charge in [0.1, 0.15) is 5.76 Å². The summed E-state index contributed by atoms with van der Waals surface area (Å²) >= 11 is 0. The van der Waals surface area contributed by atoms with Gasteiger partial charge in [0.15, 0.2) is 4.90 Å². The van der Waals surface area contributed by atoms with Crippen molar-refractivity contribution in [3.63, 3.8) is 0 Å². The third-order valence-electron chi connectivity index (χ3n) is 4.10. The van der Waals surface area contributed by atoms with Crippen LogP contribution in [0.25, 0.3) is 0 Å². The molecule has 0 amide bonds. The molecule has 1 unspecified atom stereocenters. The van der Waals surface area contributed by atoms with Gasteiger partial charge in [0.2, 0.25) is 0 Å². The summed E-state index contributed by atoms with van der Waals surface area (Å²) in [5, 5.41) is 11.1. The predicted molar refractivity (Wildman–Crippen MR) is 83.3 cm³/mol. The molecule has 0 spiro atoms. The highest BCUT2D eigenvalue weighted by Crippen LogP contribution is 2.39. The van der Waals surface area contributed by atoms with Gasteiger partial charge in [-0.25, -0.2) is 8.42 Å². The van der Waals surface area contributed by atoms with E-state index in [-0.39, 0.29) is 17.4 Å². The van der Waals surface area contributed by atoms with Crippen molar-refractivity contribution in [1.82, 2.24) is 4.31 Å². The molecule has 9 heteroatoms. The molecule has 2 aliphatic rings. The second kappa shape index (κ2) is 5.67. The minimum Gasteiger partial charge on any atom is -0.429 e. The molecule has 1 aromatic rings. The molecule has 1 aromatic carbocycles. The van der Waals surface area contributed by atoms with E-state index in [4.69, 9.17) is 4.74 Å². The van der Waals surface area contributed by atoms with Gasteiger partial charge < -0.3 is 4.74 Å².